The van der Waals surface area contributed by atoms with E-state index in [4.69, 9.17) is 21.1 Å². The van der Waals surface area contributed by atoms with Crippen LogP contribution in [-0.4, -0.2) is 80.9 Å². The fourth-order valence-electron chi connectivity index (χ4n) is 4.29. The SMILES string of the molecule is CCCCOC(=O)N(C(=O)N1CCNCC1C(=O)Nc1ccc(N2CCOCC2=O)cc1)c1ccc(Cl)cc1. The zero-order valence-electron chi connectivity index (χ0n) is 21.7. The van der Waals surface area contributed by atoms with Crippen molar-refractivity contribution in [2.75, 3.05) is 61.1 Å². The second kappa shape index (κ2) is 13.4. The number of carbonyl (C=O) groups is 4. The van der Waals surface area contributed by atoms with E-state index in [0.29, 0.717) is 42.5 Å². The second-order valence-corrected chi connectivity index (χ2v) is 9.55. The van der Waals surface area contributed by atoms with Gasteiger partial charge in [0.15, 0.2) is 0 Å². The van der Waals surface area contributed by atoms with Crippen molar-refractivity contribution >= 4 is 52.6 Å². The van der Waals surface area contributed by atoms with Crippen LogP contribution in [0.5, 0.6) is 0 Å². The predicted octanol–water partition coefficient (Wildman–Crippen LogP) is 3.48. The molecule has 0 radical (unpaired) electrons. The first kappa shape index (κ1) is 28.3. The van der Waals surface area contributed by atoms with Gasteiger partial charge in [-0.1, -0.05) is 24.9 Å². The maximum atomic E-state index is 13.7. The Morgan fingerprint density at radius 1 is 1.13 bits per heavy atom. The van der Waals surface area contributed by atoms with Gasteiger partial charge in [-0.25, -0.2) is 9.59 Å². The van der Waals surface area contributed by atoms with E-state index < -0.39 is 24.1 Å². The van der Waals surface area contributed by atoms with Crippen LogP contribution in [0.3, 0.4) is 0 Å². The van der Waals surface area contributed by atoms with Crippen molar-refractivity contribution in [3.8, 4) is 0 Å². The highest BCUT2D eigenvalue weighted by atomic mass is 35.5. The number of unbranched alkanes of at least 4 members (excludes halogenated alkanes) is 1. The number of piperazine rings is 1. The van der Waals surface area contributed by atoms with Gasteiger partial charge in [-0.2, -0.15) is 4.90 Å². The molecule has 2 saturated heterocycles. The third-order valence-corrected chi connectivity index (χ3v) is 6.66. The summed E-state index contributed by atoms with van der Waals surface area (Å²) < 4.78 is 10.5. The number of amides is 5. The number of nitrogens with one attached hydrogen (secondary N) is 2. The lowest BCUT2D eigenvalue weighted by Gasteiger charge is -2.37. The summed E-state index contributed by atoms with van der Waals surface area (Å²) in [4.78, 5) is 56.1. The number of anilines is 3. The Bertz CT molecular complexity index is 1180. The van der Waals surface area contributed by atoms with Crippen LogP contribution in [0.4, 0.5) is 26.7 Å². The van der Waals surface area contributed by atoms with Gasteiger partial charge in [-0.05, 0) is 55.0 Å². The van der Waals surface area contributed by atoms with Crippen LogP contribution < -0.4 is 20.4 Å². The van der Waals surface area contributed by atoms with Gasteiger partial charge in [0.25, 0.3) is 5.91 Å². The molecule has 1 unspecified atom stereocenters. The number of benzene rings is 2. The number of hydrogen-bond acceptors (Lipinski definition) is 7. The smallest absolute Gasteiger partial charge is 0.422 e. The predicted molar refractivity (Wildman–Crippen MR) is 147 cm³/mol. The fourth-order valence-corrected chi connectivity index (χ4v) is 4.42. The number of morpholine rings is 1. The lowest BCUT2D eigenvalue weighted by molar-refractivity contribution is -0.125. The molecule has 2 aromatic carbocycles. The normalized spacial score (nSPS) is 17.5. The van der Waals surface area contributed by atoms with E-state index in [1.165, 1.54) is 4.90 Å². The quantitative estimate of drug-likeness (QED) is 0.500. The monoisotopic (exact) mass is 557 g/mol. The van der Waals surface area contributed by atoms with Crippen molar-refractivity contribution in [2.45, 2.75) is 25.8 Å². The zero-order chi connectivity index (χ0) is 27.8. The minimum Gasteiger partial charge on any atom is -0.449 e. The second-order valence-electron chi connectivity index (χ2n) is 9.11. The Balaban J connectivity index is 1.49. The van der Waals surface area contributed by atoms with Gasteiger partial charge in [0.05, 0.1) is 18.9 Å². The molecule has 4 rings (SSSR count). The summed E-state index contributed by atoms with van der Waals surface area (Å²) in [6, 6.07) is 11.6. The Kier molecular flexibility index (Phi) is 9.74. The summed E-state index contributed by atoms with van der Waals surface area (Å²) >= 11 is 6.01. The van der Waals surface area contributed by atoms with Gasteiger partial charge >= 0.3 is 12.1 Å². The van der Waals surface area contributed by atoms with Crippen molar-refractivity contribution in [1.29, 1.82) is 0 Å². The van der Waals surface area contributed by atoms with Gasteiger partial charge in [-0.15, -0.1) is 0 Å². The number of carbonyl (C=O) groups excluding carboxylic acids is 4. The van der Waals surface area contributed by atoms with Gasteiger partial charge in [0.1, 0.15) is 12.6 Å². The van der Waals surface area contributed by atoms with Crippen LogP contribution in [0.25, 0.3) is 0 Å². The van der Waals surface area contributed by atoms with Crippen molar-refractivity contribution in [2.24, 2.45) is 0 Å². The van der Waals surface area contributed by atoms with E-state index in [2.05, 4.69) is 10.6 Å². The number of urea groups is 1. The van der Waals surface area contributed by atoms with Crippen LogP contribution >= 0.6 is 11.6 Å². The van der Waals surface area contributed by atoms with Crippen molar-refractivity contribution in [3.63, 3.8) is 0 Å². The largest absolute Gasteiger partial charge is 0.449 e. The van der Waals surface area contributed by atoms with Crippen LogP contribution in [0.2, 0.25) is 5.02 Å². The van der Waals surface area contributed by atoms with Crippen molar-refractivity contribution in [1.82, 2.24) is 10.2 Å². The molecule has 2 heterocycles. The number of ether oxygens (including phenoxy) is 2. The Hall–Kier alpha value is -3.67. The average molecular weight is 558 g/mol. The van der Waals surface area contributed by atoms with E-state index in [0.717, 1.165) is 11.3 Å². The standard InChI is InChI=1S/C27H32ClN5O6/c1-2-3-15-39-27(37)33(22-8-4-19(28)5-9-22)26(36)32-13-12-29-17-23(32)25(35)30-20-6-10-21(11-7-20)31-14-16-38-18-24(31)34/h4-11,23,29H,2-3,12-18H2,1H3,(H,30,35). The fraction of sp³-hybridized carbons (Fsp3) is 0.407. The maximum Gasteiger partial charge on any atom is 0.422 e. The maximum absolute atomic E-state index is 13.7. The van der Waals surface area contributed by atoms with Crippen LogP contribution in [0.1, 0.15) is 19.8 Å². The molecule has 2 aromatic rings. The van der Waals surface area contributed by atoms with Gasteiger partial charge in [-0.3, -0.25) is 9.59 Å². The Morgan fingerprint density at radius 2 is 1.87 bits per heavy atom. The number of hydrogen-bond donors (Lipinski definition) is 2. The lowest BCUT2D eigenvalue weighted by Crippen LogP contribution is -2.61. The molecule has 0 bridgehead atoms. The summed E-state index contributed by atoms with van der Waals surface area (Å²) in [5.41, 5.74) is 1.51. The minimum atomic E-state index is -0.884. The molecule has 0 aromatic heterocycles. The summed E-state index contributed by atoms with van der Waals surface area (Å²) in [7, 11) is 0. The Labute approximate surface area is 232 Å². The number of rotatable bonds is 7. The first-order valence-electron chi connectivity index (χ1n) is 12.9. The van der Waals surface area contributed by atoms with Gasteiger partial charge in [0.2, 0.25) is 5.91 Å². The van der Waals surface area contributed by atoms with E-state index in [1.807, 2.05) is 6.92 Å². The molecule has 5 amide bonds. The molecule has 39 heavy (non-hydrogen) atoms. The topological polar surface area (TPSA) is 121 Å². The van der Waals surface area contributed by atoms with E-state index in [9.17, 15) is 19.2 Å². The first-order chi connectivity index (χ1) is 18.9. The average Bonchev–Trinajstić information content (AvgIpc) is 2.95. The van der Waals surface area contributed by atoms with Crippen LogP contribution in [0.15, 0.2) is 48.5 Å². The highest BCUT2D eigenvalue weighted by Gasteiger charge is 2.38. The number of halogens is 1. The third-order valence-electron chi connectivity index (χ3n) is 6.41. The molecule has 0 saturated carbocycles. The summed E-state index contributed by atoms with van der Waals surface area (Å²) in [6.07, 6.45) is 0.666. The van der Waals surface area contributed by atoms with E-state index in [-0.39, 0.29) is 37.9 Å². The molecule has 2 aliphatic rings. The highest BCUT2D eigenvalue weighted by Crippen LogP contribution is 2.23. The molecule has 0 spiro atoms. The van der Waals surface area contributed by atoms with Gasteiger partial charge < -0.3 is 29.9 Å². The molecule has 12 heteroatoms. The first-order valence-corrected chi connectivity index (χ1v) is 13.3. The zero-order valence-corrected chi connectivity index (χ0v) is 22.5. The summed E-state index contributed by atoms with van der Waals surface area (Å²) in [5, 5.41) is 6.43. The number of imide groups is 1. The lowest BCUT2D eigenvalue weighted by atomic mass is 10.1. The Morgan fingerprint density at radius 3 is 2.56 bits per heavy atom. The summed E-state index contributed by atoms with van der Waals surface area (Å²) in [5.74, 6) is -0.542. The van der Waals surface area contributed by atoms with Crippen LogP contribution in [-0.2, 0) is 19.1 Å². The number of nitrogens with zero attached hydrogens (tertiary/aromatic N) is 3. The molecule has 2 aliphatic heterocycles. The van der Waals surface area contributed by atoms with Crippen molar-refractivity contribution in [3.05, 3.63) is 53.6 Å². The molecule has 208 valence electrons. The third kappa shape index (κ3) is 7.05. The molecule has 2 N–H and O–H groups in total. The van der Waals surface area contributed by atoms with E-state index >= 15 is 0 Å². The highest BCUT2D eigenvalue weighted by molar-refractivity contribution is 6.30. The van der Waals surface area contributed by atoms with Crippen molar-refractivity contribution < 1.29 is 28.7 Å². The molecule has 2 fully saturated rings. The molecular formula is C27H32ClN5O6. The minimum absolute atomic E-state index is 0.0379. The van der Waals surface area contributed by atoms with Gasteiger partial charge in [0, 0.05) is 42.6 Å². The molecular weight excluding hydrogens is 526 g/mol. The molecule has 0 aliphatic carbocycles. The van der Waals surface area contributed by atoms with Crippen LogP contribution in [0, 0.1) is 0 Å². The van der Waals surface area contributed by atoms with E-state index in [1.54, 1.807) is 53.4 Å². The summed E-state index contributed by atoms with van der Waals surface area (Å²) in [6.45, 7) is 3.97. The molecule has 1 atom stereocenters. The molecule has 11 nitrogen and oxygen atoms in total.